The van der Waals surface area contributed by atoms with Crippen molar-refractivity contribution in [2.24, 2.45) is 0 Å². The summed E-state index contributed by atoms with van der Waals surface area (Å²) in [5, 5.41) is 8.48. The molecule has 0 aliphatic rings. The minimum absolute atomic E-state index is 0.800. The monoisotopic (exact) mass is 382 g/mol. The minimum Gasteiger partial charge on any atom is -0.478 e. The van der Waals surface area contributed by atoms with Crippen molar-refractivity contribution in [1.82, 2.24) is 0 Å². The third kappa shape index (κ3) is 3.22. The van der Waals surface area contributed by atoms with Crippen LogP contribution in [-0.4, -0.2) is 11.1 Å². The van der Waals surface area contributed by atoms with Gasteiger partial charge in [-0.25, -0.2) is 4.79 Å². The predicted octanol–water partition coefficient (Wildman–Crippen LogP) is 4.07. The molecule has 0 saturated carbocycles. The Morgan fingerprint density at radius 1 is 1.29 bits per heavy atom. The molecule has 1 aromatic rings. The highest BCUT2D eigenvalue weighted by atomic mass is 79.9. The predicted molar refractivity (Wildman–Crippen MR) is 66.2 cm³/mol. The fourth-order valence-corrected chi connectivity index (χ4v) is 2.48. The molecule has 1 rings (SSSR count). The highest BCUT2D eigenvalue weighted by molar-refractivity contribution is 9.13. The largest absolute Gasteiger partial charge is 0.478 e. The maximum atomic E-state index is 10.3. The summed E-state index contributed by atoms with van der Waals surface area (Å²) in [6, 6.07) is 3.70. The molecular formula is C9H5Br3O2. The van der Waals surface area contributed by atoms with Gasteiger partial charge in [0.05, 0.1) is 0 Å². The fourth-order valence-electron chi connectivity index (χ4n) is 0.858. The second kappa shape index (κ2) is 5.09. The zero-order chi connectivity index (χ0) is 10.7. The Kier molecular flexibility index (Phi) is 4.34. The van der Waals surface area contributed by atoms with E-state index in [9.17, 15) is 4.79 Å². The van der Waals surface area contributed by atoms with Crippen molar-refractivity contribution in [3.05, 3.63) is 37.2 Å². The summed E-state index contributed by atoms with van der Waals surface area (Å²) < 4.78 is 2.59. The van der Waals surface area contributed by atoms with Crippen LogP contribution in [0.25, 0.3) is 6.08 Å². The van der Waals surface area contributed by atoms with E-state index in [1.165, 1.54) is 6.08 Å². The van der Waals surface area contributed by atoms with Crippen molar-refractivity contribution in [2.45, 2.75) is 0 Å². The summed E-state index contributed by atoms with van der Waals surface area (Å²) in [6.45, 7) is 0. The standard InChI is InChI=1S/C9H5Br3O2/c10-6-3-5(1-2-8(13)14)9(12)7(11)4-6/h1-4H,(H,13,14)/b2-1+. The smallest absolute Gasteiger partial charge is 0.328 e. The van der Waals surface area contributed by atoms with E-state index in [2.05, 4.69) is 47.8 Å². The van der Waals surface area contributed by atoms with Crippen LogP contribution in [0.2, 0.25) is 0 Å². The molecule has 14 heavy (non-hydrogen) atoms. The number of hydrogen-bond acceptors (Lipinski definition) is 1. The van der Waals surface area contributed by atoms with Crippen LogP contribution in [0.5, 0.6) is 0 Å². The van der Waals surface area contributed by atoms with Crippen molar-refractivity contribution < 1.29 is 9.90 Å². The van der Waals surface area contributed by atoms with Gasteiger partial charge in [0, 0.05) is 19.5 Å². The molecule has 0 unspecified atom stereocenters. The van der Waals surface area contributed by atoms with Crippen molar-refractivity contribution >= 4 is 59.8 Å². The molecule has 74 valence electrons. The first-order chi connectivity index (χ1) is 6.50. The van der Waals surface area contributed by atoms with Crippen molar-refractivity contribution in [3.8, 4) is 0 Å². The van der Waals surface area contributed by atoms with E-state index in [1.807, 2.05) is 12.1 Å². The number of benzene rings is 1. The lowest BCUT2D eigenvalue weighted by Crippen LogP contribution is -1.86. The van der Waals surface area contributed by atoms with Gasteiger partial charge in [0.25, 0.3) is 0 Å². The number of carboxylic acid groups (broad SMARTS) is 1. The number of aliphatic carboxylic acids is 1. The van der Waals surface area contributed by atoms with E-state index in [0.29, 0.717) is 0 Å². The van der Waals surface area contributed by atoms with Crippen LogP contribution >= 0.6 is 47.8 Å². The SMILES string of the molecule is O=C(O)/C=C/c1cc(Br)cc(Br)c1Br. The van der Waals surface area contributed by atoms with E-state index >= 15 is 0 Å². The van der Waals surface area contributed by atoms with Gasteiger partial charge in [-0.1, -0.05) is 15.9 Å². The lowest BCUT2D eigenvalue weighted by atomic mass is 10.2. The van der Waals surface area contributed by atoms with Crippen LogP contribution in [0.4, 0.5) is 0 Å². The van der Waals surface area contributed by atoms with Gasteiger partial charge in [0.2, 0.25) is 0 Å². The van der Waals surface area contributed by atoms with Crippen LogP contribution < -0.4 is 0 Å². The Morgan fingerprint density at radius 3 is 2.50 bits per heavy atom. The summed E-state index contributed by atoms with van der Waals surface area (Å²) in [7, 11) is 0. The summed E-state index contributed by atoms with van der Waals surface area (Å²) >= 11 is 10.0. The van der Waals surface area contributed by atoms with E-state index in [1.54, 1.807) is 0 Å². The molecule has 0 aliphatic carbocycles. The maximum Gasteiger partial charge on any atom is 0.328 e. The first-order valence-corrected chi connectivity index (χ1v) is 5.94. The van der Waals surface area contributed by atoms with Gasteiger partial charge in [-0.2, -0.15) is 0 Å². The molecule has 0 amide bonds. The molecule has 1 aromatic carbocycles. The van der Waals surface area contributed by atoms with Gasteiger partial charge < -0.3 is 5.11 Å². The van der Waals surface area contributed by atoms with Gasteiger partial charge in [-0.3, -0.25) is 0 Å². The van der Waals surface area contributed by atoms with Crippen molar-refractivity contribution in [3.63, 3.8) is 0 Å². The fraction of sp³-hybridized carbons (Fsp3) is 0. The molecule has 5 heteroatoms. The third-order valence-corrected chi connectivity index (χ3v) is 3.93. The maximum absolute atomic E-state index is 10.3. The van der Waals surface area contributed by atoms with Gasteiger partial charge in [0.1, 0.15) is 0 Å². The van der Waals surface area contributed by atoms with E-state index in [0.717, 1.165) is 25.1 Å². The van der Waals surface area contributed by atoms with Crippen molar-refractivity contribution in [1.29, 1.82) is 0 Å². The Bertz CT molecular complexity index is 399. The van der Waals surface area contributed by atoms with Crippen LogP contribution in [0.1, 0.15) is 5.56 Å². The second-order valence-corrected chi connectivity index (χ2v) is 5.03. The molecule has 0 aliphatic heterocycles. The Labute approximate surface area is 106 Å². The summed E-state index contributed by atoms with van der Waals surface area (Å²) in [4.78, 5) is 10.3. The van der Waals surface area contributed by atoms with Gasteiger partial charge in [0.15, 0.2) is 0 Å². The summed E-state index contributed by atoms with van der Waals surface area (Å²) in [6.07, 6.45) is 2.63. The number of hydrogen-bond donors (Lipinski definition) is 1. The highest BCUT2D eigenvalue weighted by Crippen LogP contribution is 2.31. The first-order valence-electron chi connectivity index (χ1n) is 3.56. The Hall–Kier alpha value is -0.130. The molecule has 0 radical (unpaired) electrons. The van der Waals surface area contributed by atoms with E-state index in [4.69, 9.17) is 5.11 Å². The van der Waals surface area contributed by atoms with Gasteiger partial charge in [-0.15, -0.1) is 0 Å². The van der Waals surface area contributed by atoms with E-state index < -0.39 is 5.97 Å². The first kappa shape index (κ1) is 11.9. The molecule has 0 atom stereocenters. The lowest BCUT2D eigenvalue weighted by molar-refractivity contribution is -0.131. The summed E-state index contributed by atoms with van der Waals surface area (Å²) in [5.74, 6) is -0.965. The van der Waals surface area contributed by atoms with Crippen LogP contribution in [0.15, 0.2) is 31.6 Å². The van der Waals surface area contributed by atoms with Crippen molar-refractivity contribution in [2.75, 3.05) is 0 Å². The quantitative estimate of drug-likeness (QED) is 0.616. The molecular weight excluding hydrogens is 380 g/mol. The summed E-state index contributed by atoms with van der Waals surface area (Å²) in [5.41, 5.74) is 0.800. The number of carboxylic acids is 1. The molecule has 0 saturated heterocycles. The Morgan fingerprint density at radius 2 is 1.93 bits per heavy atom. The number of carbonyl (C=O) groups is 1. The van der Waals surface area contributed by atoms with Crippen LogP contribution in [-0.2, 0) is 4.79 Å². The third-order valence-electron chi connectivity index (χ3n) is 1.43. The zero-order valence-electron chi connectivity index (χ0n) is 6.80. The lowest BCUT2D eigenvalue weighted by Gasteiger charge is -2.02. The molecule has 0 spiro atoms. The van der Waals surface area contributed by atoms with Crippen LogP contribution in [0.3, 0.4) is 0 Å². The second-order valence-electron chi connectivity index (χ2n) is 2.46. The highest BCUT2D eigenvalue weighted by Gasteiger charge is 2.03. The molecule has 0 aromatic heterocycles. The Balaban J connectivity index is 3.14. The van der Waals surface area contributed by atoms with E-state index in [-0.39, 0.29) is 0 Å². The van der Waals surface area contributed by atoms with Crippen LogP contribution in [0, 0.1) is 0 Å². The number of halogens is 3. The van der Waals surface area contributed by atoms with Gasteiger partial charge in [-0.05, 0) is 55.6 Å². The molecule has 0 bridgehead atoms. The minimum atomic E-state index is -0.965. The molecule has 2 nitrogen and oxygen atoms in total. The topological polar surface area (TPSA) is 37.3 Å². The average Bonchev–Trinajstić information content (AvgIpc) is 2.08. The molecule has 0 fully saturated rings. The average molecular weight is 385 g/mol. The van der Waals surface area contributed by atoms with Gasteiger partial charge >= 0.3 is 5.97 Å². The molecule has 1 N–H and O–H groups in total. The zero-order valence-corrected chi connectivity index (χ0v) is 11.6. The molecule has 0 heterocycles. The number of rotatable bonds is 2. The normalized spacial score (nSPS) is 10.8.